The van der Waals surface area contributed by atoms with Crippen LogP contribution in [0.4, 0.5) is 19.0 Å². The van der Waals surface area contributed by atoms with E-state index in [1.807, 2.05) is 6.92 Å². The van der Waals surface area contributed by atoms with Gasteiger partial charge in [-0.15, -0.1) is 0 Å². The van der Waals surface area contributed by atoms with E-state index in [4.69, 9.17) is 11.1 Å². The van der Waals surface area contributed by atoms with E-state index < -0.39 is 17.6 Å². The maximum atomic E-state index is 12.7. The summed E-state index contributed by atoms with van der Waals surface area (Å²) in [5, 5.41) is 7.78. The van der Waals surface area contributed by atoms with Crippen LogP contribution in [0.1, 0.15) is 22.6 Å². The summed E-state index contributed by atoms with van der Waals surface area (Å²) in [6.07, 6.45) is 0.972. The average molecular weight is 295 g/mol. The Bertz CT molecular complexity index is 700. The topological polar surface area (TPSA) is 91.4 Å². The van der Waals surface area contributed by atoms with Gasteiger partial charge in [0.1, 0.15) is 11.6 Å². The number of nitrogen functional groups attached to an aromatic ring is 1. The van der Waals surface area contributed by atoms with Gasteiger partial charge in [0.2, 0.25) is 0 Å². The molecule has 2 rings (SSSR count). The summed E-state index contributed by atoms with van der Waals surface area (Å²) in [6.45, 7) is 1.81. The first-order valence-corrected chi connectivity index (χ1v) is 5.88. The normalized spacial score (nSPS) is 12.0. The molecule has 0 amide bonds. The molecule has 0 saturated carbocycles. The molecule has 0 radical (unpaired) electrons. The van der Waals surface area contributed by atoms with Gasteiger partial charge in [-0.1, -0.05) is 0 Å². The van der Waals surface area contributed by atoms with Gasteiger partial charge in [0.25, 0.3) is 0 Å². The molecule has 0 aliphatic rings. The van der Waals surface area contributed by atoms with E-state index in [0.29, 0.717) is 5.82 Å². The Morgan fingerprint density at radius 2 is 2.05 bits per heavy atom. The van der Waals surface area contributed by atoms with Gasteiger partial charge in [-0.3, -0.25) is 0 Å². The van der Waals surface area contributed by atoms with Crippen molar-refractivity contribution in [1.82, 2.24) is 15.0 Å². The lowest BCUT2D eigenvalue weighted by Crippen LogP contribution is -2.12. The summed E-state index contributed by atoms with van der Waals surface area (Å²) in [7, 11) is 0. The van der Waals surface area contributed by atoms with Crippen LogP contribution in [0, 0.1) is 12.3 Å². The zero-order valence-corrected chi connectivity index (χ0v) is 11.0. The molecule has 8 heteroatoms. The summed E-state index contributed by atoms with van der Waals surface area (Å²) >= 11 is 0. The molecule has 2 aromatic heterocycles. The molecule has 110 valence electrons. The average Bonchev–Trinajstić information content (AvgIpc) is 2.81. The summed E-state index contributed by atoms with van der Waals surface area (Å²) in [5.41, 5.74) is 4.90. The third-order valence-corrected chi connectivity index (χ3v) is 2.67. The van der Waals surface area contributed by atoms with Crippen LogP contribution in [0.2, 0.25) is 0 Å². The van der Waals surface area contributed by atoms with Gasteiger partial charge in [0.05, 0.1) is 11.3 Å². The second-order valence-corrected chi connectivity index (χ2v) is 4.35. The summed E-state index contributed by atoms with van der Waals surface area (Å²) < 4.78 is 38.2. The molecule has 0 unspecified atom stereocenters. The molecule has 2 aromatic rings. The standard InChI is InChI=1S/C13H12F3N5/c1-7-5-19-11(21-7)3-2-10(17)8-4-9(13(14,15)16)12(18)20-6-8/h2-6,17H,1H3,(H2,18,20)(H,19,21)/b3-2-,17-10?. The van der Waals surface area contributed by atoms with Gasteiger partial charge in [-0.2, -0.15) is 13.2 Å². The Balaban J connectivity index is 2.26. The zero-order valence-electron chi connectivity index (χ0n) is 11.0. The maximum Gasteiger partial charge on any atom is 0.419 e. The predicted molar refractivity (Wildman–Crippen MR) is 72.8 cm³/mol. The number of aromatic nitrogens is 3. The quantitative estimate of drug-likeness (QED) is 0.760. The van der Waals surface area contributed by atoms with Crippen molar-refractivity contribution in [1.29, 1.82) is 5.41 Å². The number of allylic oxidation sites excluding steroid dienone is 1. The molecular formula is C13H12F3N5. The minimum Gasteiger partial charge on any atom is -0.383 e. The fourth-order valence-electron chi connectivity index (χ4n) is 1.63. The lowest BCUT2D eigenvalue weighted by molar-refractivity contribution is -0.137. The van der Waals surface area contributed by atoms with Crippen LogP contribution in [-0.2, 0) is 6.18 Å². The third kappa shape index (κ3) is 3.47. The van der Waals surface area contributed by atoms with E-state index in [-0.39, 0.29) is 11.3 Å². The number of aromatic amines is 1. The number of H-pyrrole nitrogens is 1. The van der Waals surface area contributed by atoms with E-state index in [0.717, 1.165) is 18.0 Å². The number of halogens is 3. The van der Waals surface area contributed by atoms with Crippen molar-refractivity contribution in [3.05, 3.63) is 47.2 Å². The highest BCUT2D eigenvalue weighted by atomic mass is 19.4. The van der Waals surface area contributed by atoms with Gasteiger partial charge < -0.3 is 16.1 Å². The molecule has 0 atom stereocenters. The molecule has 4 N–H and O–H groups in total. The summed E-state index contributed by atoms with van der Waals surface area (Å²) in [4.78, 5) is 10.4. The van der Waals surface area contributed by atoms with Gasteiger partial charge in [-0.05, 0) is 25.1 Å². The summed E-state index contributed by atoms with van der Waals surface area (Å²) in [5.74, 6) is -0.0959. The van der Waals surface area contributed by atoms with Crippen LogP contribution in [0.25, 0.3) is 6.08 Å². The largest absolute Gasteiger partial charge is 0.419 e. The van der Waals surface area contributed by atoms with Crippen molar-refractivity contribution in [3.63, 3.8) is 0 Å². The van der Waals surface area contributed by atoms with E-state index in [1.165, 1.54) is 12.2 Å². The number of anilines is 1. The Labute approximate surface area is 118 Å². The highest BCUT2D eigenvalue weighted by Gasteiger charge is 2.34. The van der Waals surface area contributed by atoms with Crippen molar-refractivity contribution in [2.75, 3.05) is 5.73 Å². The number of imidazole rings is 1. The first kappa shape index (κ1) is 14.8. The summed E-state index contributed by atoms with van der Waals surface area (Å²) in [6, 6.07) is 0.808. The molecule has 0 aliphatic heterocycles. The number of pyridine rings is 1. The number of nitrogens with zero attached hydrogens (tertiary/aromatic N) is 2. The van der Waals surface area contributed by atoms with Crippen molar-refractivity contribution in [2.24, 2.45) is 0 Å². The first-order chi connectivity index (χ1) is 9.77. The first-order valence-electron chi connectivity index (χ1n) is 5.88. The Morgan fingerprint density at radius 1 is 1.33 bits per heavy atom. The van der Waals surface area contributed by atoms with Gasteiger partial charge in [0, 0.05) is 23.7 Å². The number of hydrogen-bond acceptors (Lipinski definition) is 4. The molecule has 0 bridgehead atoms. The van der Waals surface area contributed by atoms with Crippen molar-refractivity contribution >= 4 is 17.6 Å². The van der Waals surface area contributed by atoms with Crippen LogP contribution in [0.15, 0.2) is 24.5 Å². The lowest BCUT2D eigenvalue weighted by atomic mass is 10.1. The molecule has 5 nitrogen and oxygen atoms in total. The minimum atomic E-state index is -4.60. The second-order valence-electron chi connectivity index (χ2n) is 4.35. The predicted octanol–water partition coefficient (Wildman–Crippen LogP) is 2.80. The maximum absolute atomic E-state index is 12.7. The van der Waals surface area contributed by atoms with Gasteiger partial charge >= 0.3 is 6.18 Å². The molecule has 0 saturated heterocycles. The number of rotatable bonds is 3. The Morgan fingerprint density at radius 3 is 2.62 bits per heavy atom. The highest BCUT2D eigenvalue weighted by molar-refractivity contribution is 6.08. The molecule has 0 spiro atoms. The highest BCUT2D eigenvalue weighted by Crippen LogP contribution is 2.32. The van der Waals surface area contributed by atoms with Crippen molar-refractivity contribution in [3.8, 4) is 0 Å². The van der Waals surface area contributed by atoms with Crippen LogP contribution in [0.3, 0.4) is 0 Å². The van der Waals surface area contributed by atoms with Crippen LogP contribution in [-0.4, -0.2) is 20.7 Å². The second kappa shape index (κ2) is 5.39. The number of nitrogens with two attached hydrogens (primary N) is 1. The number of nitrogens with one attached hydrogen (secondary N) is 2. The molecular weight excluding hydrogens is 283 g/mol. The fourth-order valence-corrected chi connectivity index (χ4v) is 1.63. The number of hydrogen-bond donors (Lipinski definition) is 3. The molecule has 0 aliphatic carbocycles. The number of alkyl halides is 3. The minimum absolute atomic E-state index is 0.0241. The van der Waals surface area contributed by atoms with Crippen molar-refractivity contribution in [2.45, 2.75) is 13.1 Å². The van der Waals surface area contributed by atoms with Crippen LogP contribution < -0.4 is 5.73 Å². The molecule has 0 fully saturated rings. The van der Waals surface area contributed by atoms with E-state index in [1.54, 1.807) is 6.20 Å². The van der Waals surface area contributed by atoms with E-state index in [2.05, 4.69) is 15.0 Å². The zero-order chi connectivity index (χ0) is 15.6. The smallest absolute Gasteiger partial charge is 0.383 e. The lowest BCUT2D eigenvalue weighted by Gasteiger charge is -2.10. The van der Waals surface area contributed by atoms with E-state index in [9.17, 15) is 13.2 Å². The fraction of sp³-hybridized carbons (Fsp3) is 0.154. The van der Waals surface area contributed by atoms with E-state index >= 15 is 0 Å². The third-order valence-electron chi connectivity index (χ3n) is 2.67. The molecule has 2 heterocycles. The Hall–Kier alpha value is -2.64. The monoisotopic (exact) mass is 295 g/mol. The number of aryl methyl sites for hydroxylation is 1. The van der Waals surface area contributed by atoms with Crippen LogP contribution >= 0.6 is 0 Å². The van der Waals surface area contributed by atoms with Gasteiger partial charge in [0.15, 0.2) is 0 Å². The molecule has 21 heavy (non-hydrogen) atoms. The van der Waals surface area contributed by atoms with Crippen LogP contribution in [0.5, 0.6) is 0 Å². The Kier molecular flexibility index (Phi) is 3.79. The van der Waals surface area contributed by atoms with Crippen molar-refractivity contribution < 1.29 is 13.2 Å². The molecule has 0 aromatic carbocycles. The SMILES string of the molecule is Cc1cnc(/C=C\C(=N)c2cnc(N)c(C(F)(F)F)c2)[nH]1. The van der Waals surface area contributed by atoms with Gasteiger partial charge in [-0.25, -0.2) is 9.97 Å².